The largest absolute Gasteiger partial charge is 0.476 e. The maximum atomic E-state index is 12.6. The number of ether oxygens (including phenoxy) is 1. The molecule has 5 rings (SSSR count). The average molecular weight is 473 g/mol. The fourth-order valence-electron chi connectivity index (χ4n) is 4.76. The number of amides is 2. The van der Waals surface area contributed by atoms with Crippen molar-refractivity contribution in [3.63, 3.8) is 0 Å². The van der Waals surface area contributed by atoms with Crippen LogP contribution in [0, 0.1) is 5.92 Å². The molecule has 0 spiro atoms. The van der Waals surface area contributed by atoms with Crippen molar-refractivity contribution in [1.82, 2.24) is 15.1 Å². The van der Waals surface area contributed by atoms with Crippen molar-refractivity contribution < 1.29 is 24.2 Å². The van der Waals surface area contributed by atoms with E-state index in [4.69, 9.17) is 4.74 Å². The Balaban J connectivity index is 1.16. The van der Waals surface area contributed by atoms with E-state index < -0.39 is 18.0 Å². The second-order valence-electron chi connectivity index (χ2n) is 8.66. The molecule has 2 amide bonds. The fourth-order valence-corrected chi connectivity index (χ4v) is 4.76. The van der Waals surface area contributed by atoms with Crippen LogP contribution >= 0.6 is 0 Å². The highest BCUT2D eigenvalue weighted by Crippen LogP contribution is 2.44. The van der Waals surface area contributed by atoms with Gasteiger partial charge >= 0.3 is 12.1 Å². The number of aromatic nitrogens is 2. The van der Waals surface area contributed by atoms with Gasteiger partial charge in [-0.25, -0.2) is 9.59 Å². The average Bonchev–Trinajstić information content (AvgIpc) is 3.54. The summed E-state index contributed by atoms with van der Waals surface area (Å²) in [5, 5.41) is 18.5. The second-order valence-corrected chi connectivity index (χ2v) is 8.66. The standard InChI is InChI=1S/C26H24N4O5/c1-30-13-22(23(29-30)25(32)33)28-24(31)15-10-11-16(12-15)27-26(34)35-14-21-19-8-4-2-6-17(19)18-7-3-5-9-20(18)21/h2-11,13,15-16,21H,12,14H2,1H3,(H,27,34)(H,28,31)(H,32,33). The zero-order valence-corrected chi connectivity index (χ0v) is 19.0. The van der Waals surface area contributed by atoms with Gasteiger partial charge in [-0.15, -0.1) is 0 Å². The number of fused-ring (bicyclic) bond motifs is 3. The number of aryl methyl sites for hydroxylation is 1. The van der Waals surface area contributed by atoms with Crippen LogP contribution in [0.15, 0.2) is 66.9 Å². The van der Waals surface area contributed by atoms with Gasteiger partial charge in [-0.3, -0.25) is 9.48 Å². The number of hydrogen-bond acceptors (Lipinski definition) is 5. The molecule has 1 aromatic heterocycles. The monoisotopic (exact) mass is 472 g/mol. The molecule has 2 aliphatic carbocycles. The number of nitrogens with zero attached hydrogens (tertiary/aromatic N) is 2. The molecule has 0 saturated heterocycles. The third-order valence-corrected chi connectivity index (χ3v) is 6.36. The van der Waals surface area contributed by atoms with Gasteiger partial charge in [-0.1, -0.05) is 60.7 Å². The van der Waals surface area contributed by atoms with E-state index in [0.29, 0.717) is 6.42 Å². The zero-order valence-electron chi connectivity index (χ0n) is 19.0. The first-order valence-electron chi connectivity index (χ1n) is 11.3. The Kier molecular flexibility index (Phi) is 5.82. The minimum atomic E-state index is -1.22. The maximum Gasteiger partial charge on any atom is 0.407 e. The van der Waals surface area contributed by atoms with Crippen LogP contribution in [0.4, 0.5) is 10.5 Å². The number of hydrogen-bond donors (Lipinski definition) is 3. The van der Waals surface area contributed by atoms with Gasteiger partial charge in [0.15, 0.2) is 5.69 Å². The quantitative estimate of drug-likeness (QED) is 0.472. The van der Waals surface area contributed by atoms with E-state index >= 15 is 0 Å². The summed E-state index contributed by atoms with van der Waals surface area (Å²) in [5.41, 5.74) is 4.49. The van der Waals surface area contributed by atoms with Crippen LogP contribution in [0.5, 0.6) is 0 Å². The van der Waals surface area contributed by atoms with Crippen LogP contribution in [0.2, 0.25) is 0 Å². The van der Waals surface area contributed by atoms with Crippen molar-refractivity contribution in [1.29, 1.82) is 0 Å². The van der Waals surface area contributed by atoms with Crippen LogP contribution in [0.3, 0.4) is 0 Å². The summed E-state index contributed by atoms with van der Waals surface area (Å²) in [4.78, 5) is 36.5. The van der Waals surface area contributed by atoms with Crippen molar-refractivity contribution in [2.24, 2.45) is 13.0 Å². The summed E-state index contributed by atoms with van der Waals surface area (Å²) in [6.07, 6.45) is 4.67. The smallest absolute Gasteiger partial charge is 0.407 e. The van der Waals surface area contributed by atoms with E-state index in [1.807, 2.05) is 24.3 Å². The molecule has 1 heterocycles. The Morgan fingerprint density at radius 2 is 1.71 bits per heavy atom. The number of carbonyl (C=O) groups is 3. The molecule has 0 bridgehead atoms. The summed E-state index contributed by atoms with van der Waals surface area (Å²) in [7, 11) is 1.58. The summed E-state index contributed by atoms with van der Waals surface area (Å²) in [6, 6.07) is 15.9. The molecule has 9 nitrogen and oxygen atoms in total. The van der Waals surface area contributed by atoms with E-state index in [0.717, 1.165) is 22.3 Å². The summed E-state index contributed by atoms with van der Waals surface area (Å²) in [5.74, 6) is -2.14. The molecule has 2 aliphatic rings. The van der Waals surface area contributed by atoms with E-state index in [2.05, 4.69) is 40.0 Å². The Morgan fingerprint density at radius 1 is 1.06 bits per heavy atom. The van der Waals surface area contributed by atoms with Gasteiger partial charge in [0.1, 0.15) is 6.61 Å². The van der Waals surface area contributed by atoms with Gasteiger partial charge in [0, 0.05) is 19.2 Å². The number of nitrogens with one attached hydrogen (secondary N) is 2. The zero-order chi connectivity index (χ0) is 24.5. The number of carbonyl (C=O) groups excluding carboxylic acids is 2. The number of anilines is 1. The highest BCUT2D eigenvalue weighted by Gasteiger charge is 2.31. The van der Waals surface area contributed by atoms with Gasteiger partial charge < -0.3 is 20.5 Å². The second kappa shape index (κ2) is 9.09. The first-order valence-corrected chi connectivity index (χ1v) is 11.3. The molecular weight excluding hydrogens is 448 g/mol. The molecular formula is C26H24N4O5. The number of alkyl carbamates (subject to hydrolysis) is 1. The van der Waals surface area contributed by atoms with Gasteiger partial charge in [-0.05, 0) is 28.7 Å². The Bertz CT molecular complexity index is 1300. The van der Waals surface area contributed by atoms with Crippen LogP contribution < -0.4 is 10.6 Å². The molecule has 9 heteroatoms. The molecule has 0 saturated carbocycles. The van der Waals surface area contributed by atoms with Crippen molar-refractivity contribution >= 4 is 23.7 Å². The third-order valence-electron chi connectivity index (χ3n) is 6.36. The number of carboxylic acid groups (broad SMARTS) is 1. The molecule has 0 aliphatic heterocycles. The van der Waals surface area contributed by atoms with Crippen LogP contribution in [-0.2, 0) is 16.6 Å². The predicted octanol–water partition coefficient (Wildman–Crippen LogP) is 3.54. The van der Waals surface area contributed by atoms with Crippen LogP contribution in [-0.4, -0.2) is 45.5 Å². The topological polar surface area (TPSA) is 123 Å². The Morgan fingerprint density at radius 3 is 2.37 bits per heavy atom. The SMILES string of the molecule is Cn1cc(NC(=O)C2C=CC(NC(=O)OCC3c4ccccc4-c4ccccc43)C2)c(C(=O)O)n1. The lowest BCUT2D eigenvalue weighted by Crippen LogP contribution is -2.35. The molecule has 3 aromatic rings. The Labute approximate surface area is 201 Å². The molecule has 3 N–H and O–H groups in total. The first-order chi connectivity index (χ1) is 16.9. The Hall–Kier alpha value is -4.40. The lowest BCUT2D eigenvalue weighted by atomic mass is 9.98. The molecule has 35 heavy (non-hydrogen) atoms. The minimum absolute atomic E-state index is 0.0336. The van der Waals surface area contributed by atoms with E-state index in [-0.39, 0.29) is 35.9 Å². The van der Waals surface area contributed by atoms with E-state index in [9.17, 15) is 19.5 Å². The summed E-state index contributed by atoms with van der Waals surface area (Å²) >= 11 is 0. The van der Waals surface area contributed by atoms with Crippen molar-refractivity contribution in [2.45, 2.75) is 18.4 Å². The van der Waals surface area contributed by atoms with Gasteiger partial charge in [0.2, 0.25) is 5.91 Å². The first kappa shape index (κ1) is 22.4. The molecule has 2 unspecified atom stereocenters. The number of rotatable bonds is 6. The van der Waals surface area contributed by atoms with Crippen LogP contribution in [0.1, 0.15) is 34.0 Å². The number of carboxylic acids is 1. The molecule has 0 fully saturated rings. The van der Waals surface area contributed by atoms with Gasteiger partial charge in [0.05, 0.1) is 17.6 Å². The van der Waals surface area contributed by atoms with Gasteiger partial charge in [-0.2, -0.15) is 5.10 Å². The molecule has 2 aromatic carbocycles. The van der Waals surface area contributed by atoms with Crippen LogP contribution in [0.25, 0.3) is 11.1 Å². The van der Waals surface area contributed by atoms with Gasteiger partial charge in [0.25, 0.3) is 0 Å². The summed E-state index contributed by atoms with van der Waals surface area (Å²) < 4.78 is 6.90. The highest BCUT2D eigenvalue weighted by atomic mass is 16.5. The number of aromatic carboxylic acids is 1. The molecule has 2 atom stereocenters. The number of benzene rings is 2. The van der Waals surface area contributed by atoms with Crippen molar-refractivity contribution in [3.8, 4) is 11.1 Å². The summed E-state index contributed by atoms with van der Waals surface area (Å²) in [6.45, 7) is 0.208. The lowest BCUT2D eigenvalue weighted by Gasteiger charge is -2.17. The normalized spacial score (nSPS) is 18.1. The highest BCUT2D eigenvalue weighted by molar-refractivity contribution is 6.00. The third kappa shape index (κ3) is 4.40. The molecule has 178 valence electrons. The lowest BCUT2D eigenvalue weighted by molar-refractivity contribution is -0.118. The van der Waals surface area contributed by atoms with E-state index in [1.165, 1.54) is 10.9 Å². The van der Waals surface area contributed by atoms with Crippen molar-refractivity contribution in [3.05, 3.63) is 83.7 Å². The van der Waals surface area contributed by atoms with Crippen molar-refractivity contribution in [2.75, 3.05) is 11.9 Å². The fraction of sp³-hybridized carbons (Fsp3) is 0.231. The minimum Gasteiger partial charge on any atom is -0.476 e. The molecule has 0 radical (unpaired) electrons. The predicted molar refractivity (Wildman–Crippen MR) is 128 cm³/mol. The maximum absolute atomic E-state index is 12.6. The van der Waals surface area contributed by atoms with E-state index in [1.54, 1.807) is 19.2 Å².